The van der Waals surface area contributed by atoms with Gasteiger partial charge in [0.25, 0.3) is 0 Å². The second-order valence-electron chi connectivity index (χ2n) is 9.38. The quantitative estimate of drug-likeness (QED) is 0.375. The number of ether oxygens (including phenoxy) is 3. The topological polar surface area (TPSA) is 69.3 Å². The molecule has 0 aromatic carbocycles. The summed E-state index contributed by atoms with van der Waals surface area (Å²) in [7, 11) is 6.87. The molecule has 169 valence electrons. The van der Waals surface area contributed by atoms with Crippen molar-refractivity contribution in [2.75, 3.05) is 34.4 Å². The Balaban J connectivity index is 1.56. The van der Waals surface area contributed by atoms with Gasteiger partial charge in [-0.15, -0.1) is 0 Å². The number of rotatable bonds is 7. The number of hydrogen-bond donors (Lipinski definition) is 1. The van der Waals surface area contributed by atoms with E-state index in [2.05, 4.69) is 41.5 Å². The lowest BCUT2D eigenvalue weighted by Crippen LogP contribution is -2.46. The van der Waals surface area contributed by atoms with Gasteiger partial charge in [-0.05, 0) is 43.2 Å². The van der Waals surface area contributed by atoms with Gasteiger partial charge in [-0.2, -0.15) is 0 Å². The average molecular weight is 429 g/mol. The van der Waals surface area contributed by atoms with E-state index >= 15 is 0 Å². The van der Waals surface area contributed by atoms with Crippen LogP contribution in [0.1, 0.15) is 26.7 Å². The second kappa shape index (κ2) is 9.20. The molecule has 4 rings (SSSR count). The number of hydrogen-bond acceptors (Lipinski definition) is 7. The van der Waals surface area contributed by atoms with Crippen molar-refractivity contribution >= 4 is 13.6 Å². The maximum Gasteiger partial charge on any atom is 0.396 e. The third-order valence-corrected chi connectivity index (χ3v) is 7.03. The molecular formula is C23H34BN2O5. The van der Waals surface area contributed by atoms with Crippen molar-refractivity contribution in [1.29, 1.82) is 0 Å². The van der Waals surface area contributed by atoms with E-state index in [1.807, 2.05) is 13.8 Å². The minimum atomic E-state index is -0.459. The summed E-state index contributed by atoms with van der Waals surface area (Å²) in [6, 6.07) is -0.459. The number of carbonyl (C=O) groups excluding carboxylic acids is 1. The largest absolute Gasteiger partial charge is 0.457 e. The van der Waals surface area contributed by atoms with Crippen molar-refractivity contribution in [3.05, 3.63) is 35.5 Å². The van der Waals surface area contributed by atoms with Crippen LogP contribution in [-0.2, 0) is 23.7 Å². The molecule has 1 radical (unpaired) electrons. The van der Waals surface area contributed by atoms with Crippen molar-refractivity contribution in [2.24, 2.45) is 11.3 Å². The first-order valence-corrected chi connectivity index (χ1v) is 11.2. The Kier molecular flexibility index (Phi) is 6.75. The normalized spacial score (nSPS) is 35.5. The molecule has 2 heterocycles. The number of nitrogens with one attached hydrogen (secondary N) is 1. The molecule has 1 saturated heterocycles. The zero-order valence-corrected chi connectivity index (χ0v) is 19.2. The number of methoxy groups -OCH3 is 1. The number of likely N-dealkylation sites (N-methyl/N-ethyl adjacent to an activating group) is 1. The van der Waals surface area contributed by atoms with Gasteiger partial charge in [0.1, 0.15) is 18.3 Å². The fraction of sp³-hybridized carbons (Fsp3) is 0.696. The zero-order chi connectivity index (χ0) is 22.2. The summed E-state index contributed by atoms with van der Waals surface area (Å²) in [5.41, 5.74) is 2.53. The van der Waals surface area contributed by atoms with Crippen LogP contribution in [-0.4, -0.2) is 83.3 Å². The summed E-state index contributed by atoms with van der Waals surface area (Å²) in [5, 5.41) is 2.99. The predicted molar refractivity (Wildman–Crippen MR) is 118 cm³/mol. The van der Waals surface area contributed by atoms with Gasteiger partial charge in [-0.1, -0.05) is 32.1 Å². The highest BCUT2D eigenvalue weighted by Gasteiger charge is 2.57. The van der Waals surface area contributed by atoms with Crippen LogP contribution in [0.2, 0.25) is 0 Å². The molecule has 4 aliphatic rings. The Labute approximate surface area is 186 Å². The molecule has 8 heteroatoms. The Morgan fingerprint density at radius 3 is 2.87 bits per heavy atom. The van der Waals surface area contributed by atoms with Crippen LogP contribution in [0.3, 0.4) is 0 Å². The van der Waals surface area contributed by atoms with E-state index < -0.39 is 6.04 Å². The molecule has 7 nitrogen and oxygen atoms in total. The van der Waals surface area contributed by atoms with Crippen molar-refractivity contribution in [3.8, 4) is 0 Å². The van der Waals surface area contributed by atoms with Gasteiger partial charge in [0.05, 0.1) is 12.1 Å². The van der Waals surface area contributed by atoms with E-state index in [9.17, 15) is 4.79 Å². The van der Waals surface area contributed by atoms with Crippen molar-refractivity contribution < 1.29 is 23.7 Å². The number of carbonyl (C=O) groups is 1. The van der Waals surface area contributed by atoms with E-state index in [0.29, 0.717) is 6.42 Å². The lowest BCUT2D eigenvalue weighted by molar-refractivity contribution is -0.153. The molecule has 1 spiro atoms. The summed E-state index contributed by atoms with van der Waals surface area (Å²) in [6.07, 6.45) is 9.75. The SMILES string of the molecule is CO[B]NC(C(=O)O[C@H]1C=C[C@@]23CCN(C)CC4=C2C(O[C@H]3C1)C(OC)C=C4)C(C)C. The first-order valence-electron chi connectivity index (χ1n) is 11.2. The molecule has 0 aromatic heterocycles. The maximum atomic E-state index is 12.8. The first-order chi connectivity index (χ1) is 14.9. The summed E-state index contributed by atoms with van der Waals surface area (Å²) in [4.78, 5) is 15.2. The number of nitrogens with zero attached hydrogens (tertiary/aromatic N) is 1. The van der Waals surface area contributed by atoms with Crippen molar-refractivity contribution in [1.82, 2.24) is 10.1 Å². The Bertz CT molecular complexity index is 782. The van der Waals surface area contributed by atoms with Crippen LogP contribution in [0.15, 0.2) is 35.5 Å². The maximum absolute atomic E-state index is 12.8. The average Bonchev–Trinajstić information content (AvgIpc) is 2.99. The predicted octanol–water partition coefficient (Wildman–Crippen LogP) is 1.62. The summed E-state index contributed by atoms with van der Waals surface area (Å²) < 4.78 is 23.2. The minimum absolute atomic E-state index is 0.0367. The molecule has 31 heavy (non-hydrogen) atoms. The molecule has 2 aliphatic carbocycles. The van der Waals surface area contributed by atoms with E-state index in [0.717, 1.165) is 19.5 Å². The second-order valence-corrected chi connectivity index (χ2v) is 9.38. The molecule has 3 unspecified atom stereocenters. The summed E-state index contributed by atoms with van der Waals surface area (Å²) in [5.74, 6) is -0.205. The van der Waals surface area contributed by atoms with Gasteiger partial charge in [0.2, 0.25) is 0 Å². The Morgan fingerprint density at radius 1 is 1.35 bits per heavy atom. The molecule has 1 N–H and O–H groups in total. The lowest BCUT2D eigenvalue weighted by atomic mass is 9.66. The zero-order valence-electron chi connectivity index (χ0n) is 19.2. The van der Waals surface area contributed by atoms with Crippen LogP contribution in [0, 0.1) is 11.3 Å². The van der Waals surface area contributed by atoms with Gasteiger partial charge in [0, 0.05) is 32.6 Å². The van der Waals surface area contributed by atoms with Gasteiger partial charge in [-0.25, -0.2) is 0 Å². The van der Waals surface area contributed by atoms with E-state index in [-0.39, 0.29) is 41.7 Å². The van der Waals surface area contributed by atoms with Gasteiger partial charge >= 0.3 is 13.6 Å². The molecule has 0 aromatic rings. The Hall–Kier alpha value is -1.45. The minimum Gasteiger partial charge on any atom is -0.457 e. The molecule has 2 aliphatic heterocycles. The third kappa shape index (κ3) is 4.16. The molecule has 0 saturated carbocycles. The van der Waals surface area contributed by atoms with Gasteiger partial charge < -0.3 is 29.0 Å². The molecule has 0 amide bonds. The van der Waals surface area contributed by atoms with E-state index in [1.165, 1.54) is 18.8 Å². The van der Waals surface area contributed by atoms with Gasteiger partial charge in [0.15, 0.2) is 0 Å². The standard InChI is InChI=1S/C23H34BN2O5/c1-14(2)20(25-24-29-5)22(27)30-16-8-9-23-10-11-26(3)13-15-6-7-17(28-4)21(19(15)23)31-18(23)12-16/h6-9,14,16-18,20-21,25H,10-13H2,1-5H3/t16-,17?,18-,20?,21?,23-/m0/s1. The Morgan fingerprint density at radius 2 is 2.16 bits per heavy atom. The van der Waals surface area contributed by atoms with Crippen molar-refractivity contribution in [2.45, 2.75) is 57.1 Å². The highest BCUT2D eigenvalue weighted by molar-refractivity contribution is 6.24. The fourth-order valence-electron chi connectivity index (χ4n) is 5.41. The third-order valence-electron chi connectivity index (χ3n) is 7.03. The first kappa shape index (κ1) is 22.7. The fourth-order valence-corrected chi connectivity index (χ4v) is 5.41. The summed E-state index contributed by atoms with van der Waals surface area (Å²) in [6.45, 7) is 5.87. The molecular weight excluding hydrogens is 395 g/mol. The lowest BCUT2D eigenvalue weighted by Gasteiger charge is -2.38. The number of esters is 1. The van der Waals surface area contributed by atoms with Crippen LogP contribution in [0.4, 0.5) is 0 Å². The molecule has 0 bridgehead atoms. The van der Waals surface area contributed by atoms with Crippen LogP contribution in [0.25, 0.3) is 0 Å². The summed E-state index contributed by atoms with van der Waals surface area (Å²) >= 11 is 0. The van der Waals surface area contributed by atoms with Crippen LogP contribution < -0.4 is 5.23 Å². The monoisotopic (exact) mass is 429 g/mol. The smallest absolute Gasteiger partial charge is 0.396 e. The van der Waals surface area contributed by atoms with Crippen molar-refractivity contribution in [3.63, 3.8) is 0 Å². The van der Waals surface area contributed by atoms with Crippen LogP contribution >= 0.6 is 0 Å². The van der Waals surface area contributed by atoms with E-state index in [4.69, 9.17) is 18.9 Å². The van der Waals surface area contributed by atoms with Gasteiger partial charge in [-0.3, -0.25) is 4.79 Å². The van der Waals surface area contributed by atoms with Crippen LogP contribution in [0.5, 0.6) is 0 Å². The highest BCUT2D eigenvalue weighted by Crippen LogP contribution is 2.55. The molecule has 6 atom stereocenters. The highest BCUT2D eigenvalue weighted by atomic mass is 16.6. The molecule has 1 fully saturated rings. The van der Waals surface area contributed by atoms with E-state index in [1.54, 1.807) is 14.2 Å².